The number of thioether (sulfide) groups is 2. The van der Waals surface area contributed by atoms with Gasteiger partial charge in [0.05, 0.1) is 5.69 Å². The fourth-order valence-corrected chi connectivity index (χ4v) is 3.51. The van der Waals surface area contributed by atoms with Gasteiger partial charge in [0.2, 0.25) is 0 Å². The number of amides is 1. The van der Waals surface area contributed by atoms with E-state index in [9.17, 15) is 4.79 Å². The number of hydrogen-bond donors (Lipinski definition) is 2. The number of benzene rings is 1. The number of nitrogens with one attached hydrogen (secondary N) is 1. The third-order valence-electron chi connectivity index (χ3n) is 1.94. The summed E-state index contributed by atoms with van der Waals surface area (Å²) in [5.74, 6) is 0. The average Bonchev–Trinajstić information content (AvgIpc) is 2.20. The van der Waals surface area contributed by atoms with E-state index in [1.165, 1.54) is 0 Å². The highest BCUT2D eigenvalue weighted by atomic mass is 32.2. The molecule has 0 saturated heterocycles. The van der Waals surface area contributed by atoms with Gasteiger partial charge in [0, 0.05) is 20.3 Å². The van der Waals surface area contributed by atoms with Crippen LogP contribution in [0.25, 0.3) is 0 Å². The maximum absolute atomic E-state index is 10.8. The lowest BCUT2D eigenvalue weighted by Crippen LogP contribution is -2.09. The predicted octanol–water partition coefficient (Wildman–Crippen LogP) is 4.78. The Morgan fingerprint density at radius 1 is 1.17 bits per heavy atom. The van der Waals surface area contributed by atoms with Crippen LogP contribution in [0, 0.1) is 0 Å². The Hall–Kier alpha value is -0.810. The van der Waals surface area contributed by atoms with E-state index in [2.05, 4.69) is 33.0 Å². The molecule has 0 aromatic heterocycles. The monoisotopic (exact) mass is 285 g/mol. The summed E-state index contributed by atoms with van der Waals surface area (Å²) in [7, 11) is 0. The van der Waals surface area contributed by atoms with Crippen LogP contribution in [-0.4, -0.2) is 21.7 Å². The Morgan fingerprint density at radius 3 is 2.28 bits per heavy atom. The first-order chi connectivity index (χ1) is 8.40. The van der Waals surface area contributed by atoms with Crippen LogP contribution in [0.4, 0.5) is 10.5 Å². The number of carbonyl (C=O) groups is 1. The number of hydrogen-bond acceptors (Lipinski definition) is 3. The van der Waals surface area contributed by atoms with Crippen molar-refractivity contribution in [1.29, 1.82) is 0 Å². The predicted molar refractivity (Wildman–Crippen MR) is 80.1 cm³/mol. The van der Waals surface area contributed by atoms with Crippen LogP contribution in [0.3, 0.4) is 0 Å². The zero-order valence-corrected chi connectivity index (χ0v) is 12.7. The molecule has 1 aromatic carbocycles. The van der Waals surface area contributed by atoms with Gasteiger partial charge in [-0.05, 0) is 12.1 Å². The summed E-state index contributed by atoms with van der Waals surface area (Å²) >= 11 is 3.44. The van der Waals surface area contributed by atoms with Crippen molar-refractivity contribution in [2.75, 3.05) is 5.32 Å². The van der Waals surface area contributed by atoms with Crippen LogP contribution in [0.5, 0.6) is 0 Å². The minimum atomic E-state index is -1.02. The van der Waals surface area contributed by atoms with Gasteiger partial charge in [-0.1, -0.05) is 33.8 Å². The lowest BCUT2D eigenvalue weighted by molar-refractivity contribution is 0.209. The summed E-state index contributed by atoms with van der Waals surface area (Å²) in [6.45, 7) is 8.47. The Labute approximate surface area is 117 Å². The van der Waals surface area contributed by atoms with E-state index in [1.54, 1.807) is 23.5 Å². The highest BCUT2D eigenvalue weighted by Gasteiger charge is 2.14. The summed E-state index contributed by atoms with van der Waals surface area (Å²) in [4.78, 5) is 13.0. The van der Waals surface area contributed by atoms with Crippen molar-refractivity contribution >= 4 is 35.3 Å². The van der Waals surface area contributed by atoms with E-state index in [4.69, 9.17) is 5.11 Å². The van der Waals surface area contributed by atoms with Crippen LogP contribution < -0.4 is 5.32 Å². The first-order valence-electron chi connectivity index (χ1n) is 5.86. The van der Waals surface area contributed by atoms with Gasteiger partial charge in [0.15, 0.2) is 0 Å². The summed E-state index contributed by atoms with van der Waals surface area (Å²) in [5.41, 5.74) is 0.673. The molecule has 0 unspecified atom stereocenters. The molecule has 0 saturated carbocycles. The van der Waals surface area contributed by atoms with Crippen molar-refractivity contribution in [2.24, 2.45) is 0 Å². The van der Waals surface area contributed by atoms with E-state index in [-0.39, 0.29) is 0 Å². The number of anilines is 1. The van der Waals surface area contributed by atoms with Crippen molar-refractivity contribution in [1.82, 2.24) is 0 Å². The molecule has 0 aliphatic rings. The van der Waals surface area contributed by atoms with E-state index in [0.29, 0.717) is 16.2 Å². The smallest absolute Gasteiger partial charge is 0.409 e. The average molecular weight is 285 g/mol. The Bertz CT molecular complexity index is 419. The summed E-state index contributed by atoms with van der Waals surface area (Å²) in [6.07, 6.45) is -1.02. The largest absolute Gasteiger partial charge is 0.465 e. The molecule has 0 atom stereocenters. The highest BCUT2D eigenvalue weighted by molar-refractivity contribution is 8.03. The Morgan fingerprint density at radius 2 is 1.78 bits per heavy atom. The van der Waals surface area contributed by atoms with Gasteiger partial charge < -0.3 is 5.11 Å². The van der Waals surface area contributed by atoms with Crippen molar-refractivity contribution in [3.05, 3.63) is 18.2 Å². The van der Waals surface area contributed by atoms with Crippen LogP contribution in [0.15, 0.2) is 28.0 Å². The van der Waals surface area contributed by atoms with E-state index >= 15 is 0 Å². The van der Waals surface area contributed by atoms with E-state index < -0.39 is 6.09 Å². The summed E-state index contributed by atoms with van der Waals surface area (Å²) in [5, 5.41) is 12.2. The second kappa shape index (κ2) is 6.95. The Balaban J connectivity index is 3.11. The quantitative estimate of drug-likeness (QED) is 0.765. The van der Waals surface area contributed by atoms with Gasteiger partial charge in [-0.3, -0.25) is 5.32 Å². The molecule has 2 N–H and O–H groups in total. The topological polar surface area (TPSA) is 49.3 Å². The molecule has 0 spiro atoms. The lowest BCUT2D eigenvalue weighted by Gasteiger charge is -2.16. The number of carboxylic acid groups (broad SMARTS) is 1. The molecule has 1 amide bonds. The van der Waals surface area contributed by atoms with Crippen LogP contribution >= 0.6 is 23.5 Å². The molecule has 0 aliphatic heterocycles. The lowest BCUT2D eigenvalue weighted by atomic mass is 10.3. The molecule has 0 aliphatic carbocycles. The zero-order valence-electron chi connectivity index (χ0n) is 11.1. The van der Waals surface area contributed by atoms with Crippen LogP contribution in [0.1, 0.15) is 27.7 Å². The normalized spacial score (nSPS) is 11.0. The molecule has 5 heteroatoms. The second-order valence-corrected chi connectivity index (χ2v) is 7.60. The molecular weight excluding hydrogens is 266 g/mol. The third-order valence-corrected chi connectivity index (χ3v) is 4.28. The van der Waals surface area contributed by atoms with Gasteiger partial charge >= 0.3 is 6.09 Å². The molecule has 0 bridgehead atoms. The minimum absolute atomic E-state index is 0.410. The third kappa shape index (κ3) is 4.82. The molecule has 1 aromatic rings. The van der Waals surface area contributed by atoms with Gasteiger partial charge in [0.1, 0.15) is 0 Å². The molecule has 0 radical (unpaired) electrons. The molecule has 0 fully saturated rings. The van der Waals surface area contributed by atoms with Crippen molar-refractivity contribution in [3.63, 3.8) is 0 Å². The van der Waals surface area contributed by atoms with Crippen molar-refractivity contribution in [3.8, 4) is 0 Å². The minimum Gasteiger partial charge on any atom is -0.465 e. The number of rotatable bonds is 5. The second-order valence-electron chi connectivity index (χ2n) is 4.40. The fraction of sp³-hybridized carbons (Fsp3) is 0.462. The maximum atomic E-state index is 10.8. The van der Waals surface area contributed by atoms with Crippen molar-refractivity contribution < 1.29 is 9.90 Å². The molecule has 0 heterocycles. The fourth-order valence-electron chi connectivity index (χ4n) is 1.43. The van der Waals surface area contributed by atoms with Gasteiger partial charge in [-0.2, -0.15) is 0 Å². The van der Waals surface area contributed by atoms with Crippen molar-refractivity contribution in [2.45, 2.75) is 48.0 Å². The molecule has 100 valence electrons. The zero-order chi connectivity index (χ0) is 13.7. The first kappa shape index (κ1) is 15.2. The van der Waals surface area contributed by atoms with Crippen LogP contribution in [-0.2, 0) is 0 Å². The van der Waals surface area contributed by atoms with Crippen LogP contribution in [0.2, 0.25) is 0 Å². The first-order valence-corrected chi connectivity index (χ1v) is 7.62. The van der Waals surface area contributed by atoms with Gasteiger partial charge in [-0.25, -0.2) is 4.79 Å². The maximum Gasteiger partial charge on any atom is 0.409 e. The standard InChI is InChI=1S/C13H19NO2S2/c1-8(2)17-11-7-5-6-10(14-13(15)16)12(11)18-9(3)4/h5-9,14H,1-4H3,(H,15,16). The molecule has 18 heavy (non-hydrogen) atoms. The SMILES string of the molecule is CC(C)Sc1cccc(NC(=O)O)c1SC(C)C. The summed E-state index contributed by atoms with van der Waals surface area (Å²) in [6, 6.07) is 5.74. The highest BCUT2D eigenvalue weighted by Crippen LogP contribution is 2.40. The summed E-state index contributed by atoms with van der Waals surface area (Å²) < 4.78 is 0. The Kier molecular flexibility index (Phi) is 5.88. The molecule has 1 rings (SSSR count). The molecule has 3 nitrogen and oxygen atoms in total. The molecular formula is C13H19NO2S2. The van der Waals surface area contributed by atoms with Gasteiger partial charge in [-0.15, -0.1) is 23.5 Å². The van der Waals surface area contributed by atoms with E-state index in [1.807, 2.05) is 18.2 Å². The van der Waals surface area contributed by atoms with E-state index in [0.717, 1.165) is 9.79 Å². The van der Waals surface area contributed by atoms with Gasteiger partial charge in [0.25, 0.3) is 0 Å².